The molecule has 1 aromatic heterocycles. The number of amides is 1. The summed E-state index contributed by atoms with van der Waals surface area (Å²) in [6, 6.07) is 4.80. The van der Waals surface area contributed by atoms with Gasteiger partial charge in [-0.15, -0.1) is 0 Å². The van der Waals surface area contributed by atoms with E-state index in [-0.39, 0.29) is 24.2 Å². The Kier molecular flexibility index (Phi) is 3.81. The molecule has 0 aliphatic heterocycles. The normalized spacial score (nSPS) is 19.4. The lowest BCUT2D eigenvalue weighted by molar-refractivity contribution is -0.137. The minimum absolute atomic E-state index is 0.237. The number of anilines is 1. The third-order valence-corrected chi connectivity index (χ3v) is 3.68. The molecule has 0 bridgehead atoms. The van der Waals surface area contributed by atoms with Crippen LogP contribution in [0.25, 0.3) is 0 Å². The molecular weight excluding hydrogens is 308 g/mol. The summed E-state index contributed by atoms with van der Waals surface area (Å²) >= 11 is 0. The lowest BCUT2D eigenvalue weighted by Gasteiger charge is -2.03. The smallest absolute Gasteiger partial charge is 0.325 e. The third kappa shape index (κ3) is 3.36. The molecule has 23 heavy (non-hydrogen) atoms. The van der Waals surface area contributed by atoms with Crippen molar-refractivity contribution >= 4 is 17.7 Å². The maximum absolute atomic E-state index is 13.7. The Morgan fingerprint density at radius 2 is 2.13 bits per heavy atom. The van der Waals surface area contributed by atoms with E-state index in [1.54, 1.807) is 0 Å². The average molecular weight is 321 g/mol. The molecule has 1 aromatic carbocycles. The molecular formula is C15H13F2N3O3. The molecule has 1 heterocycles. The molecule has 2 atom stereocenters. The van der Waals surface area contributed by atoms with Gasteiger partial charge in [-0.1, -0.05) is 6.07 Å². The summed E-state index contributed by atoms with van der Waals surface area (Å²) < 4.78 is 27.8. The maximum atomic E-state index is 13.7. The van der Waals surface area contributed by atoms with Gasteiger partial charge in [-0.2, -0.15) is 5.10 Å². The Labute approximate surface area is 129 Å². The number of halogens is 2. The standard InChI is InChI=1S/C15H13F2N3O3/c16-8-1-2-9(12(17)5-8)10-6-11(10)15(23)18-13-3-4-20(19-13)7-14(21)22/h1-5,10-11H,6-7H2,(H,21,22)(H,18,19,23)/t10-,11+/m1/s1. The van der Waals surface area contributed by atoms with Crippen LogP contribution in [0, 0.1) is 17.6 Å². The molecule has 6 nitrogen and oxygen atoms in total. The number of nitrogens with one attached hydrogen (secondary N) is 1. The van der Waals surface area contributed by atoms with Crippen molar-refractivity contribution < 1.29 is 23.5 Å². The molecule has 2 aromatic rings. The Morgan fingerprint density at radius 1 is 1.35 bits per heavy atom. The van der Waals surface area contributed by atoms with E-state index in [0.717, 1.165) is 6.07 Å². The predicted octanol–water partition coefficient (Wildman–Crippen LogP) is 1.99. The van der Waals surface area contributed by atoms with Crippen molar-refractivity contribution in [3.8, 4) is 0 Å². The highest BCUT2D eigenvalue weighted by molar-refractivity contribution is 5.94. The van der Waals surface area contributed by atoms with Crippen molar-refractivity contribution in [1.82, 2.24) is 9.78 Å². The van der Waals surface area contributed by atoms with Gasteiger partial charge in [-0.05, 0) is 24.0 Å². The number of carbonyl (C=O) groups is 2. The summed E-state index contributed by atoms with van der Waals surface area (Å²) in [5.74, 6) is -3.12. The minimum Gasteiger partial charge on any atom is -0.480 e. The first kappa shape index (κ1) is 15.1. The van der Waals surface area contributed by atoms with Crippen LogP contribution in [0.1, 0.15) is 17.9 Å². The predicted molar refractivity (Wildman–Crippen MR) is 75.7 cm³/mol. The maximum Gasteiger partial charge on any atom is 0.325 e. The van der Waals surface area contributed by atoms with Crippen molar-refractivity contribution in [3.05, 3.63) is 47.7 Å². The van der Waals surface area contributed by atoms with Crippen LogP contribution in [0.2, 0.25) is 0 Å². The van der Waals surface area contributed by atoms with Gasteiger partial charge in [0.2, 0.25) is 5.91 Å². The summed E-state index contributed by atoms with van der Waals surface area (Å²) in [5, 5.41) is 15.1. The summed E-state index contributed by atoms with van der Waals surface area (Å²) in [4.78, 5) is 22.7. The van der Waals surface area contributed by atoms with E-state index in [4.69, 9.17) is 5.11 Å². The van der Waals surface area contributed by atoms with E-state index in [1.807, 2.05) is 0 Å². The van der Waals surface area contributed by atoms with E-state index >= 15 is 0 Å². The monoisotopic (exact) mass is 321 g/mol. The van der Waals surface area contributed by atoms with Crippen molar-refractivity contribution in [2.45, 2.75) is 18.9 Å². The highest BCUT2D eigenvalue weighted by atomic mass is 19.1. The van der Waals surface area contributed by atoms with Gasteiger partial charge in [0.25, 0.3) is 0 Å². The summed E-state index contributed by atoms with van der Waals surface area (Å²) in [6.07, 6.45) is 1.91. The Morgan fingerprint density at radius 3 is 2.83 bits per heavy atom. The number of rotatable bonds is 5. The largest absolute Gasteiger partial charge is 0.480 e. The van der Waals surface area contributed by atoms with Crippen LogP contribution in [-0.2, 0) is 16.1 Å². The Hall–Kier alpha value is -2.77. The molecule has 2 N–H and O–H groups in total. The molecule has 0 radical (unpaired) electrons. The van der Waals surface area contributed by atoms with Crippen LogP contribution < -0.4 is 5.32 Å². The van der Waals surface area contributed by atoms with Crippen LogP contribution in [0.4, 0.5) is 14.6 Å². The van der Waals surface area contributed by atoms with Crippen molar-refractivity contribution in [3.63, 3.8) is 0 Å². The number of hydrogen-bond acceptors (Lipinski definition) is 3. The molecule has 0 spiro atoms. The van der Waals surface area contributed by atoms with E-state index in [2.05, 4.69) is 10.4 Å². The first-order chi connectivity index (χ1) is 10.9. The van der Waals surface area contributed by atoms with Crippen molar-refractivity contribution in [2.24, 2.45) is 5.92 Å². The van der Waals surface area contributed by atoms with Gasteiger partial charge in [0, 0.05) is 24.2 Å². The number of hydrogen-bond donors (Lipinski definition) is 2. The third-order valence-electron chi connectivity index (χ3n) is 3.68. The molecule has 1 saturated carbocycles. The van der Waals surface area contributed by atoms with E-state index in [1.165, 1.54) is 29.1 Å². The van der Waals surface area contributed by atoms with Gasteiger partial charge in [0.15, 0.2) is 5.82 Å². The number of nitrogens with zero attached hydrogens (tertiary/aromatic N) is 2. The van der Waals surface area contributed by atoms with Crippen molar-refractivity contribution in [1.29, 1.82) is 0 Å². The van der Waals surface area contributed by atoms with Crippen LogP contribution in [0.5, 0.6) is 0 Å². The van der Waals surface area contributed by atoms with Gasteiger partial charge in [0.05, 0.1) is 0 Å². The van der Waals surface area contributed by atoms with Gasteiger partial charge in [0.1, 0.15) is 18.2 Å². The number of aliphatic carboxylic acids is 1. The van der Waals surface area contributed by atoms with Gasteiger partial charge >= 0.3 is 5.97 Å². The first-order valence-electron chi connectivity index (χ1n) is 6.95. The van der Waals surface area contributed by atoms with E-state index in [0.29, 0.717) is 12.0 Å². The fraction of sp³-hybridized carbons (Fsp3) is 0.267. The number of carboxylic acids is 1. The van der Waals surface area contributed by atoms with Crippen LogP contribution in [0.15, 0.2) is 30.5 Å². The number of carbonyl (C=O) groups excluding carboxylic acids is 1. The summed E-state index contributed by atoms with van der Waals surface area (Å²) in [6.45, 7) is -0.303. The summed E-state index contributed by atoms with van der Waals surface area (Å²) in [5.41, 5.74) is 0.322. The molecule has 0 saturated heterocycles. The molecule has 3 rings (SSSR count). The van der Waals surface area contributed by atoms with E-state index in [9.17, 15) is 18.4 Å². The van der Waals surface area contributed by atoms with Gasteiger partial charge in [-0.3, -0.25) is 14.3 Å². The van der Waals surface area contributed by atoms with Crippen LogP contribution in [-0.4, -0.2) is 26.8 Å². The zero-order chi connectivity index (χ0) is 16.6. The van der Waals surface area contributed by atoms with Crippen LogP contribution >= 0.6 is 0 Å². The lowest BCUT2D eigenvalue weighted by atomic mass is 10.1. The summed E-state index contributed by atoms with van der Waals surface area (Å²) in [7, 11) is 0. The fourth-order valence-electron chi connectivity index (χ4n) is 2.50. The SMILES string of the molecule is O=C(O)Cn1ccc(NC(=O)[C@H]2C[C@@H]2c2ccc(F)cc2F)n1. The Balaban J connectivity index is 1.62. The topological polar surface area (TPSA) is 84.2 Å². The second-order valence-electron chi connectivity index (χ2n) is 5.40. The second kappa shape index (κ2) is 5.79. The molecule has 8 heteroatoms. The van der Waals surface area contributed by atoms with Gasteiger partial charge in [-0.25, -0.2) is 8.78 Å². The highest BCUT2D eigenvalue weighted by Crippen LogP contribution is 2.48. The number of aromatic nitrogens is 2. The molecule has 1 amide bonds. The molecule has 120 valence electrons. The zero-order valence-corrected chi connectivity index (χ0v) is 11.9. The fourth-order valence-corrected chi connectivity index (χ4v) is 2.50. The number of carboxylic acid groups (broad SMARTS) is 1. The lowest BCUT2D eigenvalue weighted by Crippen LogP contribution is -2.16. The van der Waals surface area contributed by atoms with E-state index < -0.39 is 23.5 Å². The van der Waals surface area contributed by atoms with Crippen LogP contribution in [0.3, 0.4) is 0 Å². The first-order valence-corrected chi connectivity index (χ1v) is 6.95. The average Bonchev–Trinajstić information content (AvgIpc) is 3.13. The second-order valence-corrected chi connectivity index (χ2v) is 5.40. The zero-order valence-electron chi connectivity index (χ0n) is 11.9. The molecule has 0 unspecified atom stereocenters. The highest BCUT2D eigenvalue weighted by Gasteiger charge is 2.45. The van der Waals surface area contributed by atoms with Crippen molar-refractivity contribution in [2.75, 3.05) is 5.32 Å². The number of benzene rings is 1. The molecule has 1 aliphatic rings. The Bertz CT molecular complexity index is 775. The minimum atomic E-state index is -1.04. The quantitative estimate of drug-likeness (QED) is 0.882. The molecule has 1 fully saturated rings. The van der Waals surface area contributed by atoms with Gasteiger partial charge < -0.3 is 10.4 Å². The molecule has 1 aliphatic carbocycles.